The average molecular weight is 307 g/mol. The third-order valence-electron chi connectivity index (χ3n) is 4.10. The number of carbonyl (C=O) groups excluding carboxylic acids is 1. The number of H-pyrrole nitrogens is 1. The maximum atomic E-state index is 12.4. The zero-order valence-electron chi connectivity index (χ0n) is 13.4. The largest absolute Gasteiger partial charge is 0.361 e. The third-order valence-corrected chi connectivity index (χ3v) is 4.10. The van der Waals surface area contributed by atoms with E-state index >= 15 is 0 Å². The number of benzene rings is 2. The fourth-order valence-corrected chi connectivity index (χ4v) is 2.73. The van der Waals surface area contributed by atoms with Gasteiger partial charge in [-0.25, -0.2) is 0 Å². The zero-order valence-corrected chi connectivity index (χ0v) is 13.4. The molecule has 0 aliphatic heterocycles. The number of hydrogen-bond acceptors (Lipinski definition) is 2. The minimum absolute atomic E-state index is 0.163. The SMILES string of the molecule is Cc1ccc(C)c(NC(=O)[C@@H](N)Cc2c[nH]c3ccccc23)c1. The molecule has 1 amide bonds. The van der Waals surface area contributed by atoms with Gasteiger partial charge in [0.25, 0.3) is 0 Å². The molecule has 1 heterocycles. The van der Waals surface area contributed by atoms with Gasteiger partial charge in [-0.1, -0.05) is 30.3 Å². The highest BCUT2D eigenvalue weighted by molar-refractivity contribution is 5.96. The molecular formula is C19H21N3O. The lowest BCUT2D eigenvalue weighted by molar-refractivity contribution is -0.117. The molecule has 4 nitrogen and oxygen atoms in total. The molecule has 0 aliphatic carbocycles. The van der Waals surface area contributed by atoms with Crippen molar-refractivity contribution in [1.29, 1.82) is 0 Å². The normalized spacial score (nSPS) is 12.3. The van der Waals surface area contributed by atoms with Gasteiger partial charge >= 0.3 is 0 Å². The van der Waals surface area contributed by atoms with Crippen LogP contribution in [-0.4, -0.2) is 16.9 Å². The van der Waals surface area contributed by atoms with Crippen LogP contribution in [0.4, 0.5) is 5.69 Å². The molecule has 0 saturated carbocycles. The molecule has 0 aliphatic rings. The number of amides is 1. The number of nitrogens with two attached hydrogens (primary N) is 1. The summed E-state index contributed by atoms with van der Waals surface area (Å²) in [7, 11) is 0. The monoisotopic (exact) mass is 307 g/mol. The third kappa shape index (κ3) is 3.27. The van der Waals surface area contributed by atoms with Gasteiger partial charge in [-0.2, -0.15) is 0 Å². The molecule has 0 unspecified atom stereocenters. The summed E-state index contributed by atoms with van der Waals surface area (Å²) in [4.78, 5) is 15.6. The summed E-state index contributed by atoms with van der Waals surface area (Å²) in [5.74, 6) is -0.163. The van der Waals surface area contributed by atoms with Gasteiger partial charge in [0.05, 0.1) is 6.04 Å². The minimum Gasteiger partial charge on any atom is -0.361 e. The summed E-state index contributed by atoms with van der Waals surface area (Å²) >= 11 is 0. The summed E-state index contributed by atoms with van der Waals surface area (Å²) in [6.07, 6.45) is 2.43. The van der Waals surface area contributed by atoms with E-state index in [9.17, 15) is 4.79 Å². The predicted octanol–water partition coefficient (Wildman–Crippen LogP) is 3.29. The summed E-state index contributed by atoms with van der Waals surface area (Å²) < 4.78 is 0. The lowest BCUT2D eigenvalue weighted by Crippen LogP contribution is -2.37. The average Bonchev–Trinajstić information content (AvgIpc) is 2.94. The lowest BCUT2D eigenvalue weighted by Gasteiger charge is -2.14. The van der Waals surface area contributed by atoms with E-state index in [1.54, 1.807) is 0 Å². The van der Waals surface area contributed by atoms with E-state index in [1.807, 2.05) is 62.5 Å². The fraction of sp³-hybridized carbons (Fsp3) is 0.211. The second kappa shape index (κ2) is 6.26. The van der Waals surface area contributed by atoms with Crippen molar-refractivity contribution < 1.29 is 4.79 Å². The van der Waals surface area contributed by atoms with E-state index in [0.717, 1.165) is 33.3 Å². The van der Waals surface area contributed by atoms with Crippen molar-refractivity contribution in [3.63, 3.8) is 0 Å². The fourth-order valence-electron chi connectivity index (χ4n) is 2.73. The molecule has 1 aromatic heterocycles. The Kier molecular flexibility index (Phi) is 4.17. The van der Waals surface area contributed by atoms with Gasteiger partial charge in [0, 0.05) is 22.8 Å². The molecule has 0 bridgehead atoms. The Morgan fingerprint density at radius 1 is 1.22 bits per heavy atom. The molecule has 3 rings (SSSR count). The van der Waals surface area contributed by atoms with Gasteiger partial charge in [-0.15, -0.1) is 0 Å². The molecule has 0 spiro atoms. The predicted molar refractivity (Wildman–Crippen MR) is 94.5 cm³/mol. The van der Waals surface area contributed by atoms with E-state index in [1.165, 1.54) is 0 Å². The van der Waals surface area contributed by atoms with Gasteiger partial charge in [0.15, 0.2) is 0 Å². The Morgan fingerprint density at radius 2 is 2.00 bits per heavy atom. The van der Waals surface area contributed by atoms with E-state index in [2.05, 4.69) is 10.3 Å². The number of aromatic nitrogens is 1. The molecule has 0 saturated heterocycles. The molecule has 1 atom stereocenters. The van der Waals surface area contributed by atoms with Crippen LogP contribution in [0.3, 0.4) is 0 Å². The summed E-state index contributed by atoms with van der Waals surface area (Å²) in [6, 6.07) is 13.4. The van der Waals surface area contributed by atoms with Crippen LogP contribution in [-0.2, 0) is 11.2 Å². The molecule has 0 radical (unpaired) electrons. The molecule has 4 N–H and O–H groups in total. The number of hydrogen-bond donors (Lipinski definition) is 3. The maximum Gasteiger partial charge on any atom is 0.241 e. The van der Waals surface area contributed by atoms with Crippen LogP contribution < -0.4 is 11.1 Å². The van der Waals surface area contributed by atoms with Crippen LogP contribution in [0.25, 0.3) is 10.9 Å². The van der Waals surface area contributed by atoms with E-state index in [4.69, 9.17) is 5.73 Å². The van der Waals surface area contributed by atoms with Gasteiger partial charge < -0.3 is 16.0 Å². The van der Waals surface area contributed by atoms with Crippen LogP contribution >= 0.6 is 0 Å². The van der Waals surface area contributed by atoms with Gasteiger partial charge in [0.1, 0.15) is 0 Å². The van der Waals surface area contributed by atoms with Crippen LogP contribution in [0.1, 0.15) is 16.7 Å². The Labute approximate surface area is 135 Å². The number of rotatable bonds is 4. The van der Waals surface area contributed by atoms with E-state index in [0.29, 0.717) is 6.42 Å². The standard InChI is InChI=1S/C19H21N3O/c1-12-7-8-13(2)18(9-12)22-19(23)16(20)10-14-11-21-17-6-4-3-5-15(14)17/h3-9,11,16,21H,10,20H2,1-2H3,(H,22,23)/t16-/m0/s1. The number of aromatic amines is 1. The molecule has 118 valence electrons. The number of nitrogens with one attached hydrogen (secondary N) is 2. The molecule has 4 heteroatoms. The van der Waals surface area contributed by atoms with E-state index < -0.39 is 6.04 Å². The highest BCUT2D eigenvalue weighted by Gasteiger charge is 2.17. The lowest BCUT2D eigenvalue weighted by atomic mass is 10.0. The van der Waals surface area contributed by atoms with Crippen molar-refractivity contribution in [2.45, 2.75) is 26.3 Å². The first-order valence-corrected chi connectivity index (χ1v) is 7.73. The van der Waals surface area contributed by atoms with Crippen LogP contribution in [0.5, 0.6) is 0 Å². The second-order valence-electron chi connectivity index (χ2n) is 5.98. The molecule has 3 aromatic rings. The van der Waals surface area contributed by atoms with Crippen LogP contribution in [0.15, 0.2) is 48.7 Å². The van der Waals surface area contributed by atoms with Gasteiger partial charge in [-0.3, -0.25) is 4.79 Å². The Morgan fingerprint density at radius 3 is 2.83 bits per heavy atom. The molecule has 23 heavy (non-hydrogen) atoms. The molecular weight excluding hydrogens is 286 g/mol. The Hall–Kier alpha value is -2.59. The smallest absolute Gasteiger partial charge is 0.241 e. The zero-order chi connectivity index (χ0) is 16.4. The van der Waals surface area contributed by atoms with Crippen LogP contribution in [0.2, 0.25) is 0 Å². The van der Waals surface area contributed by atoms with Crippen molar-refractivity contribution >= 4 is 22.5 Å². The quantitative estimate of drug-likeness (QED) is 0.692. The van der Waals surface area contributed by atoms with Crippen molar-refractivity contribution in [2.75, 3.05) is 5.32 Å². The van der Waals surface area contributed by atoms with Crippen molar-refractivity contribution in [1.82, 2.24) is 4.98 Å². The summed E-state index contributed by atoms with van der Waals surface area (Å²) in [5, 5.41) is 4.05. The van der Waals surface area contributed by atoms with Crippen molar-refractivity contribution in [2.24, 2.45) is 5.73 Å². The molecule has 0 fully saturated rings. The highest BCUT2D eigenvalue weighted by atomic mass is 16.2. The minimum atomic E-state index is -0.589. The molecule has 2 aromatic carbocycles. The van der Waals surface area contributed by atoms with Gasteiger partial charge in [-0.05, 0) is 49.1 Å². The number of anilines is 1. The topological polar surface area (TPSA) is 70.9 Å². The highest BCUT2D eigenvalue weighted by Crippen LogP contribution is 2.20. The first-order valence-electron chi connectivity index (χ1n) is 7.73. The number of aryl methyl sites for hydroxylation is 2. The van der Waals surface area contributed by atoms with Crippen molar-refractivity contribution in [3.8, 4) is 0 Å². The summed E-state index contributed by atoms with van der Waals surface area (Å²) in [6.45, 7) is 3.97. The van der Waals surface area contributed by atoms with Crippen LogP contribution in [0, 0.1) is 13.8 Å². The summed E-state index contributed by atoms with van der Waals surface area (Å²) in [5.41, 5.74) is 11.2. The van der Waals surface area contributed by atoms with Crippen molar-refractivity contribution in [3.05, 3.63) is 65.4 Å². The van der Waals surface area contributed by atoms with Gasteiger partial charge in [0.2, 0.25) is 5.91 Å². The second-order valence-corrected chi connectivity index (χ2v) is 5.98. The number of para-hydroxylation sites is 1. The number of fused-ring (bicyclic) bond motifs is 1. The Balaban J connectivity index is 1.74. The Bertz CT molecular complexity index is 851. The van der Waals surface area contributed by atoms with E-state index in [-0.39, 0.29) is 5.91 Å². The first-order chi connectivity index (χ1) is 11.0. The first kappa shape index (κ1) is 15.3. The number of carbonyl (C=O) groups is 1. The maximum absolute atomic E-state index is 12.4.